The molecule has 1 nitrogen and oxygen atoms in total. The van der Waals surface area contributed by atoms with Gasteiger partial charge in [0.25, 0.3) is 0 Å². The van der Waals surface area contributed by atoms with Gasteiger partial charge in [0.05, 0.1) is 0 Å². The Bertz CT molecular complexity index is 398. The monoisotopic (exact) mass is 246 g/mol. The van der Waals surface area contributed by atoms with Gasteiger partial charge in [0, 0.05) is 6.42 Å². The first-order valence-corrected chi connectivity index (χ1v) is 6.88. The number of ketones is 1. The maximum absolute atomic E-state index is 11.0. The van der Waals surface area contributed by atoms with Crippen LogP contribution in [0.15, 0.2) is 24.3 Å². The van der Waals surface area contributed by atoms with Gasteiger partial charge in [-0.15, -0.1) is 0 Å². The molecular weight excluding hydrogens is 220 g/mol. The van der Waals surface area contributed by atoms with Gasteiger partial charge in [-0.2, -0.15) is 0 Å². The zero-order chi connectivity index (χ0) is 13.8. The number of Topliss-reactive ketones (excluding diaryl/α,β-unsaturated/α-hetero) is 1. The molecule has 0 N–H and O–H groups in total. The predicted octanol–water partition coefficient (Wildman–Crippen LogP) is 4.53. The smallest absolute Gasteiger partial charge is 0.129 e. The highest BCUT2D eigenvalue weighted by molar-refractivity contribution is 5.75. The van der Waals surface area contributed by atoms with Crippen LogP contribution in [0.3, 0.4) is 0 Å². The second-order valence-corrected chi connectivity index (χ2v) is 6.46. The fourth-order valence-electron chi connectivity index (χ4n) is 2.36. The summed E-state index contributed by atoms with van der Waals surface area (Å²) in [6, 6.07) is 8.68. The summed E-state index contributed by atoms with van der Waals surface area (Å²) in [5, 5.41) is 0. The molecule has 1 rings (SSSR count). The van der Waals surface area contributed by atoms with Crippen LogP contribution in [0.4, 0.5) is 0 Å². The van der Waals surface area contributed by atoms with E-state index in [-0.39, 0.29) is 5.41 Å². The third-order valence-corrected chi connectivity index (χ3v) is 3.38. The fourth-order valence-corrected chi connectivity index (χ4v) is 2.36. The Labute approximate surface area is 112 Å². The molecule has 0 aromatic heterocycles. The second-order valence-electron chi connectivity index (χ2n) is 6.46. The van der Waals surface area contributed by atoms with Crippen LogP contribution in [0, 0.1) is 5.92 Å². The predicted molar refractivity (Wildman–Crippen MR) is 77.9 cm³/mol. The maximum atomic E-state index is 11.0. The quantitative estimate of drug-likeness (QED) is 0.746. The van der Waals surface area contributed by atoms with Crippen LogP contribution >= 0.6 is 0 Å². The Balaban J connectivity index is 2.75. The first kappa shape index (κ1) is 14.9. The maximum Gasteiger partial charge on any atom is 0.129 e. The molecule has 0 amide bonds. The van der Waals surface area contributed by atoms with Crippen molar-refractivity contribution in [1.29, 1.82) is 0 Å². The Morgan fingerprint density at radius 1 is 1.22 bits per heavy atom. The van der Waals surface area contributed by atoms with Gasteiger partial charge in [-0.05, 0) is 42.2 Å². The summed E-state index contributed by atoms with van der Waals surface area (Å²) in [5.41, 5.74) is 3.05. The lowest BCUT2D eigenvalue weighted by Crippen LogP contribution is -2.15. The second kappa shape index (κ2) is 6.17. The molecule has 1 heteroatoms. The summed E-state index contributed by atoms with van der Waals surface area (Å²) in [5.74, 6) is 0.864. The van der Waals surface area contributed by atoms with E-state index in [1.165, 1.54) is 11.1 Å². The van der Waals surface area contributed by atoms with Crippen LogP contribution in [0.1, 0.15) is 58.6 Å². The molecule has 18 heavy (non-hydrogen) atoms. The lowest BCUT2D eigenvalue weighted by atomic mass is 9.81. The van der Waals surface area contributed by atoms with Crippen molar-refractivity contribution in [3.05, 3.63) is 35.4 Å². The molecule has 1 aromatic carbocycles. The van der Waals surface area contributed by atoms with Gasteiger partial charge in [0.2, 0.25) is 0 Å². The minimum Gasteiger partial charge on any atom is -0.300 e. The third kappa shape index (κ3) is 4.64. The molecule has 0 radical (unpaired) electrons. The summed E-state index contributed by atoms with van der Waals surface area (Å²) in [7, 11) is 0. The first-order valence-electron chi connectivity index (χ1n) is 6.88. The number of carbonyl (C=O) groups is 1. The summed E-state index contributed by atoms with van der Waals surface area (Å²) in [6.45, 7) is 10.7. The highest BCUT2D eigenvalue weighted by Crippen LogP contribution is 2.28. The van der Waals surface area contributed by atoms with E-state index in [1.807, 2.05) is 0 Å². The summed E-state index contributed by atoms with van der Waals surface area (Å²) < 4.78 is 0. The zero-order valence-corrected chi connectivity index (χ0v) is 12.4. The van der Waals surface area contributed by atoms with Crippen molar-refractivity contribution in [3.8, 4) is 0 Å². The van der Waals surface area contributed by atoms with E-state index in [2.05, 4.69) is 52.0 Å². The molecule has 0 aliphatic rings. The average molecular weight is 246 g/mol. The lowest BCUT2D eigenvalue weighted by molar-refractivity contribution is -0.117. The molecule has 0 saturated heterocycles. The van der Waals surface area contributed by atoms with E-state index in [9.17, 15) is 4.79 Å². The minimum atomic E-state index is 0.191. The fraction of sp³-hybridized carbons (Fsp3) is 0.588. The molecule has 0 spiro atoms. The van der Waals surface area contributed by atoms with Gasteiger partial charge in [0.1, 0.15) is 5.78 Å². The molecular formula is C17H26O. The SMILES string of the molecule is CC(=O)CCC(C)Cc1ccccc1C(C)(C)C. The summed E-state index contributed by atoms with van der Waals surface area (Å²) >= 11 is 0. The topological polar surface area (TPSA) is 17.1 Å². The molecule has 100 valence electrons. The van der Waals surface area contributed by atoms with Gasteiger partial charge in [0.15, 0.2) is 0 Å². The Morgan fingerprint density at radius 2 is 1.83 bits per heavy atom. The van der Waals surface area contributed by atoms with E-state index in [1.54, 1.807) is 6.92 Å². The first-order chi connectivity index (χ1) is 8.30. The van der Waals surface area contributed by atoms with Gasteiger partial charge in [-0.25, -0.2) is 0 Å². The van der Waals surface area contributed by atoms with Crippen molar-refractivity contribution in [1.82, 2.24) is 0 Å². The van der Waals surface area contributed by atoms with Crippen molar-refractivity contribution in [3.63, 3.8) is 0 Å². The number of hydrogen-bond donors (Lipinski definition) is 0. The van der Waals surface area contributed by atoms with Crippen LogP contribution in [-0.4, -0.2) is 5.78 Å². The largest absolute Gasteiger partial charge is 0.300 e. The molecule has 0 saturated carbocycles. The molecule has 1 aromatic rings. The van der Waals surface area contributed by atoms with E-state index >= 15 is 0 Å². The summed E-state index contributed by atoms with van der Waals surface area (Å²) in [6.07, 6.45) is 2.77. The Hall–Kier alpha value is -1.11. The standard InChI is InChI=1S/C17H26O/c1-13(10-11-14(2)18)12-15-8-6-7-9-16(15)17(3,4)5/h6-9,13H,10-12H2,1-5H3. The van der Waals surface area contributed by atoms with Crippen LogP contribution in [0.25, 0.3) is 0 Å². The molecule has 0 aliphatic carbocycles. The number of hydrogen-bond acceptors (Lipinski definition) is 1. The Kier molecular flexibility index (Phi) is 5.13. The van der Waals surface area contributed by atoms with Crippen molar-refractivity contribution >= 4 is 5.78 Å². The van der Waals surface area contributed by atoms with Crippen LogP contribution in [-0.2, 0) is 16.6 Å². The van der Waals surface area contributed by atoms with E-state index in [0.717, 1.165) is 12.8 Å². The van der Waals surface area contributed by atoms with E-state index < -0.39 is 0 Å². The average Bonchev–Trinajstić information content (AvgIpc) is 2.25. The van der Waals surface area contributed by atoms with Crippen LogP contribution < -0.4 is 0 Å². The molecule has 1 atom stereocenters. The zero-order valence-electron chi connectivity index (χ0n) is 12.4. The highest BCUT2D eigenvalue weighted by Gasteiger charge is 2.18. The lowest BCUT2D eigenvalue weighted by Gasteiger charge is -2.24. The van der Waals surface area contributed by atoms with E-state index in [0.29, 0.717) is 18.1 Å². The highest BCUT2D eigenvalue weighted by atomic mass is 16.1. The number of rotatable bonds is 5. The summed E-state index contributed by atoms with van der Waals surface area (Å²) in [4.78, 5) is 11.0. The molecule has 0 aliphatic heterocycles. The van der Waals surface area contributed by atoms with Gasteiger partial charge in [-0.3, -0.25) is 0 Å². The van der Waals surface area contributed by atoms with Crippen molar-refractivity contribution in [2.75, 3.05) is 0 Å². The molecule has 1 unspecified atom stereocenters. The van der Waals surface area contributed by atoms with Gasteiger partial charge >= 0.3 is 0 Å². The van der Waals surface area contributed by atoms with Crippen molar-refractivity contribution in [2.24, 2.45) is 5.92 Å². The van der Waals surface area contributed by atoms with Crippen molar-refractivity contribution < 1.29 is 4.79 Å². The number of carbonyl (C=O) groups excluding carboxylic acids is 1. The van der Waals surface area contributed by atoms with Crippen molar-refractivity contribution in [2.45, 2.75) is 59.3 Å². The Morgan fingerprint density at radius 3 is 2.39 bits per heavy atom. The molecule has 0 heterocycles. The number of benzene rings is 1. The third-order valence-electron chi connectivity index (χ3n) is 3.38. The minimum absolute atomic E-state index is 0.191. The van der Waals surface area contributed by atoms with E-state index in [4.69, 9.17) is 0 Å². The van der Waals surface area contributed by atoms with Gasteiger partial charge < -0.3 is 4.79 Å². The molecule has 0 fully saturated rings. The normalized spacial score (nSPS) is 13.4. The molecule has 0 bridgehead atoms. The van der Waals surface area contributed by atoms with Crippen LogP contribution in [0.2, 0.25) is 0 Å². The van der Waals surface area contributed by atoms with Crippen LogP contribution in [0.5, 0.6) is 0 Å². The van der Waals surface area contributed by atoms with Gasteiger partial charge in [-0.1, -0.05) is 52.0 Å².